The van der Waals surface area contributed by atoms with E-state index in [1.807, 2.05) is 47.7 Å². The molecule has 1 aromatic carbocycles. The maximum atomic E-state index is 12.7. The van der Waals surface area contributed by atoms with E-state index in [2.05, 4.69) is 0 Å². The SMILES string of the molecule is COCCC(=O)N1CCOCC1c1c(C)nn(-c2cccc(OC)c2)c1C. The van der Waals surface area contributed by atoms with Crippen LogP contribution in [0, 0.1) is 13.8 Å². The minimum absolute atomic E-state index is 0.0816. The standard InChI is InChI=1S/C20H27N3O4/c1-14-20(18-13-27-11-9-22(18)19(24)8-10-25-3)15(2)23(21-14)16-6-5-7-17(12-16)26-4/h5-7,12,18H,8-11,13H2,1-4H3. The summed E-state index contributed by atoms with van der Waals surface area (Å²) >= 11 is 0. The fraction of sp³-hybridized carbons (Fsp3) is 0.500. The Hall–Kier alpha value is -2.38. The van der Waals surface area contributed by atoms with Crippen LogP contribution in [0.15, 0.2) is 24.3 Å². The van der Waals surface area contributed by atoms with Gasteiger partial charge in [-0.25, -0.2) is 4.68 Å². The van der Waals surface area contributed by atoms with Crippen molar-refractivity contribution >= 4 is 5.91 Å². The average molecular weight is 373 g/mol. The fourth-order valence-corrected chi connectivity index (χ4v) is 3.60. The lowest BCUT2D eigenvalue weighted by molar-refractivity contribution is -0.141. The van der Waals surface area contributed by atoms with Crippen LogP contribution in [0.5, 0.6) is 5.75 Å². The fourth-order valence-electron chi connectivity index (χ4n) is 3.60. The van der Waals surface area contributed by atoms with Crippen LogP contribution in [0.2, 0.25) is 0 Å². The first kappa shape index (κ1) is 19.4. The minimum atomic E-state index is -0.137. The van der Waals surface area contributed by atoms with Crippen molar-refractivity contribution in [3.63, 3.8) is 0 Å². The monoisotopic (exact) mass is 373 g/mol. The molecule has 1 saturated heterocycles. The van der Waals surface area contributed by atoms with Crippen LogP contribution in [0.1, 0.15) is 29.4 Å². The largest absolute Gasteiger partial charge is 0.497 e. The highest BCUT2D eigenvalue weighted by Crippen LogP contribution is 2.31. The number of aromatic nitrogens is 2. The van der Waals surface area contributed by atoms with Gasteiger partial charge in [0.05, 0.1) is 50.8 Å². The summed E-state index contributed by atoms with van der Waals surface area (Å²) in [7, 11) is 3.26. The molecule has 1 aliphatic heterocycles. The molecule has 0 spiro atoms. The molecule has 1 atom stereocenters. The summed E-state index contributed by atoms with van der Waals surface area (Å²) in [6.45, 7) is 6.04. The number of ether oxygens (including phenoxy) is 3. The average Bonchev–Trinajstić information content (AvgIpc) is 3.00. The van der Waals surface area contributed by atoms with Gasteiger partial charge in [0.1, 0.15) is 5.75 Å². The van der Waals surface area contributed by atoms with E-state index in [4.69, 9.17) is 19.3 Å². The summed E-state index contributed by atoms with van der Waals surface area (Å²) in [5, 5.41) is 4.73. The molecule has 27 heavy (non-hydrogen) atoms. The quantitative estimate of drug-likeness (QED) is 0.778. The number of benzene rings is 1. The molecule has 0 aliphatic carbocycles. The summed E-state index contributed by atoms with van der Waals surface area (Å²) in [6, 6.07) is 7.64. The number of morpholine rings is 1. The number of hydrogen-bond donors (Lipinski definition) is 0. The van der Waals surface area contributed by atoms with E-state index in [9.17, 15) is 4.79 Å². The third-order valence-corrected chi connectivity index (χ3v) is 4.95. The van der Waals surface area contributed by atoms with Crippen LogP contribution >= 0.6 is 0 Å². The van der Waals surface area contributed by atoms with Crippen LogP contribution in [0.4, 0.5) is 0 Å². The molecule has 7 heteroatoms. The number of carbonyl (C=O) groups is 1. The van der Waals surface area contributed by atoms with Gasteiger partial charge in [0, 0.05) is 31.0 Å². The van der Waals surface area contributed by atoms with E-state index in [0.717, 1.165) is 28.4 Å². The van der Waals surface area contributed by atoms with Crippen molar-refractivity contribution in [1.29, 1.82) is 0 Å². The lowest BCUT2D eigenvalue weighted by Gasteiger charge is -2.36. The van der Waals surface area contributed by atoms with Crippen molar-refractivity contribution in [2.75, 3.05) is 40.6 Å². The van der Waals surface area contributed by atoms with Crippen molar-refractivity contribution in [2.24, 2.45) is 0 Å². The molecule has 1 unspecified atom stereocenters. The van der Waals surface area contributed by atoms with Crippen LogP contribution in [0.3, 0.4) is 0 Å². The first-order valence-electron chi connectivity index (χ1n) is 9.13. The van der Waals surface area contributed by atoms with Gasteiger partial charge in [-0.3, -0.25) is 4.79 Å². The molecule has 2 aromatic rings. The van der Waals surface area contributed by atoms with Gasteiger partial charge in [0.2, 0.25) is 5.91 Å². The van der Waals surface area contributed by atoms with Crippen molar-refractivity contribution < 1.29 is 19.0 Å². The zero-order valence-electron chi connectivity index (χ0n) is 16.4. The Morgan fingerprint density at radius 3 is 2.89 bits per heavy atom. The van der Waals surface area contributed by atoms with Crippen molar-refractivity contribution in [2.45, 2.75) is 26.3 Å². The lowest BCUT2D eigenvalue weighted by atomic mass is 10.0. The third-order valence-electron chi connectivity index (χ3n) is 4.95. The van der Waals surface area contributed by atoms with Crippen LogP contribution in [-0.2, 0) is 14.3 Å². The zero-order chi connectivity index (χ0) is 19.4. The Balaban J connectivity index is 1.95. The van der Waals surface area contributed by atoms with E-state index in [-0.39, 0.29) is 11.9 Å². The van der Waals surface area contributed by atoms with E-state index >= 15 is 0 Å². The van der Waals surface area contributed by atoms with Gasteiger partial charge in [0.15, 0.2) is 0 Å². The molecule has 1 fully saturated rings. The van der Waals surface area contributed by atoms with Gasteiger partial charge in [0.25, 0.3) is 0 Å². The maximum Gasteiger partial charge on any atom is 0.225 e. The molecule has 7 nitrogen and oxygen atoms in total. The number of rotatable bonds is 6. The number of nitrogens with zero attached hydrogens (tertiary/aromatic N) is 3. The Bertz CT molecular complexity index is 803. The highest BCUT2D eigenvalue weighted by molar-refractivity contribution is 5.77. The molecule has 2 heterocycles. The first-order valence-corrected chi connectivity index (χ1v) is 9.13. The molecule has 1 aromatic heterocycles. The lowest BCUT2D eigenvalue weighted by Crippen LogP contribution is -2.44. The Morgan fingerprint density at radius 1 is 1.33 bits per heavy atom. The second-order valence-corrected chi connectivity index (χ2v) is 6.62. The van der Waals surface area contributed by atoms with Gasteiger partial charge in [-0.15, -0.1) is 0 Å². The molecular formula is C20H27N3O4. The van der Waals surface area contributed by atoms with Gasteiger partial charge in [-0.05, 0) is 26.0 Å². The van der Waals surface area contributed by atoms with Crippen molar-refractivity contribution in [3.8, 4) is 11.4 Å². The van der Waals surface area contributed by atoms with Gasteiger partial charge >= 0.3 is 0 Å². The number of aryl methyl sites for hydroxylation is 1. The normalized spacial score (nSPS) is 17.2. The van der Waals surface area contributed by atoms with Crippen LogP contribution < -0.4 is 4.74 Å². The highest BCUT2D eigenvalue weighted by Gasteiger charge is 2.32. The summed E-state index contributed by atoms with van der Waals surface area (Å²) in [5.74, 6) is 0.858. The summed E-state index contributed by atoms with van der Waals surface area (Å²) in [4.78, 5) is 14.6. The molecule has 0 saturated carbocycles. The van der Waals surface area contributed by atoms with Gasteiger partial charge in [-0.1, -0.05) is 6.07 Å². The highest BCUT2D eigenvalue weighted by atomic mass is 16.5. The Morgan fingerprint density at radius 2 is 2.15 bits per heavy atom. The van der Waals surface area contributed by atoms with Crippen molar-refractivity contribution in [3.05, 3.63) is 41.2 Å². The first-order chi connectivity index (χ1) is 13.1. The van der Waals surface area contributed by atoms with Gasteiger partial charge < -0.3 is 19.1 Å². The minimum Gasteiger partial charge on any atom is -0.497 e. The Kier molecular flexibility index (Phi) is 6.13. The topological polar surface area (TPSA) is 65.8 Å². The maximum absolute atomic E-state index is 12.7. The summed E-state index contributed by atoms with van der Waals surface area (Å²) in [5.41, 5.74) is 3.87. The third kappa shape index (κ3) is 3.99. The predicted octanol–water partition coefficient (Wildman–Crippen LogP) is 2.43. The number of amides is 1. The second kappa shape index (κ2) is 8.54. The molecule has 1 aliphatic rings. The van der Waals surface area contributed by atoms with E-state index in [1.54, 1.807) is 14.2 Å². The molecule has 3 rings (SSSR count). The van der Waals surface area contributed by atoms with E-state index < -0.39 is 0 Å². The van der Waals surface area contributed by atoms with Gasteiger partial charge in [-0.2, -0.15) is 5.10 Å². The number of hydrogen-bond acceptors (Lipinski definition) is 5. The van der Waals surface area contributed by atoms with Crippen LogP contribution in [0.25, 0.3) is 5.69 Å². The molecular weight excluding hydrogens is 346 g/mol. The van der Waals surface area contributed by atoms with E-state index in [0.29, 0.717) is 32.8 Å². The molecule has 146 valence electrons. The number of carbonyl (C=O) groups excluding carboxylic acids is 1. The smallest absolute Gasteiger partial charge is 0.225 e. The Labute approximate surface area is 159 Å². The molecule has 0 bridgehead atoms. The molecule has 1 amide bonds. The molecule has 0 N–H and O–H groups in total. The second-order valence-electron chi connectivity index (χ2n) is 6.62. The van der Waals surface area contributed by atoms with E-state index in [1.165, 1.54) is 0 Å². The molecule has 0 radical (unpaired) electrons. The summed E-state index contributed by atoms with van der Waals surface area (Å²) in [6.07, 6.45) is 0.370. The van der Waals surface area contributed by atoms with Crippen molar-refractivity contribution in [1.82, 2.24) is 14.7 Å². The zero-order valence-corrected chi connectivity index (χ0v) is 16.4. The van der Waals surface area contributed by atoms with Crippen LogP contribution in [-0.4, -0.2) is 61.2 Å². The summed E-state index contributed by atoms with van der Waals surface area (Å²) < 4.78 is 18.0. The number of methoxy groups -OCH3 is 2. The predicted molar refractivity (Wildman–Crippen MR) is 101 cm³/mol.